The van der Waals surface area contributed by atoms with Crippen molar-refractivity contribution in [1.29, 1.82) is 0 Å². The monoisotopic (exact) mass is 408 g/mol. The summed E-state index contributed by atoms with van der Waals surface area (Å²) in [5.74, 6) is 1.02. The third kappa shape index (κ3) is 3.45. The number of anilines is 1. The second-order valence-electron chi connectivity index (χ2n) is 8.21. The van der Waals surface area contributed by atoms with Crippen LogP contribution in [-0.4, -0.2) is 44.0 Å². The van der Waals surface area contributed by atoms with Gasteiger partial charge < -0.3 is 9.47 Å². The van der Waals surface area contributed by atoms with Crippen LogP contribution in [0.1, 0.15) is 60.1 Å². The van der Waals surface area contributed by atoms with E-state index in [0.717, 1.165) is 42.0 Å². The number of hydrogen-bond acceptors (Lipinski definition) is 5. The maximum atomic E-state index is 12.8. The molecular formula is C24H28N2O4. The van der Waals surface area contributed by atoms with Crippen molar-refractivity contribution in [3.8, 4) is 11.5 Å². The maximum Gasteiger partial charge on any atom is 0.300 e. The zero-order valence-electron chi connectivity index (χ0n) is 18.0. The summed E-state index contributed by atoms with van der Waals surface area (Å²) >= 11 is 0. The highest BCUT2D eigenvalue weighted by molar-refractivity contribution is 6.52. The van der Waals surface area contributed by atoms with Crippen LogP contribution in [0.5, 0.6) is 11.5 Å². The van der Waals surface area contributed by atoms with E-state index in [1.165, 1.54) is 0 Å². The molecule has 0 saturated carbocycles. The fourth-order valence-corrected chi connectivity index (χ4v) is 4.45. The molecule has 158 valence electrons. The normalized spacial score (nSPS) is 19.0. The van der Waals surface area contributed by atoms with Crippen molar-refractivity contribution in [2.24, 2.45) is 0 Å². The number of methoxy groups -OCH3 is 2. The van der Waals surface area contributed by atoms with Gasteiger partial charge in [0.15, 0.2) is 0 Å². The molecule has 0 bridgehead atoms. The van der Waals surface area contributed by atoms with E-state index in [2.05, 4.69) is 18.7 Å². The molecule has 6 heteroatoms. The summed E-state index contributed by atoms with van der Waals surface area (Å²) in [5.41, 5.74) is 3.33. The average molecular weight is 408 g/mol. The van der Waals surface area contributed by atoms with E-state index in [1.54, 1.807) is 19.1 Å². The summed E-state index contributed by atoms with van der Waals surface area (Å²) in [6.45, 7) is 5.39. The first-order valence-corrected chi connectivity index (χ1v) is 10.4. The molecule has 0 radical (unpaired) electrons. The van der Waals surface area contributed by atoms with Crippen LogP contribution >= 0.6 is 0 Å². The van der Waals surface area contributed by atoms with Crippen molar-refractivity contribution in [3.05, 3.63) is 53.1 Å². The lowest BCUT2D eigenvalue weighted by Crippen LogP contribution is -2.40. The molecule has 0 aliphatic carbocycles. The Bertz CT molecular complexity index is 985. The third-order valence-electron chi connectivity index (χ3n) is 6.14. The van der Waals surface area contributed by atoms with E-state index < -0.39 is 11.7 Å². The first-order valence-electron chi connectivity index (χ1n) is 10.4. The molecule has 0 N–H and O–H groups in total. The summed E-state index contributed by atoms with van der Waals surface area (Å²) in [7, 11) is 3.31. The predicted molar refractivity (Wildman–Crippen MR) is 115 cm³/mol. The maximum absolute atomic E-state index is 12.8. The van der Waals surface area contributed by atoms with Crippen LogP contribution < -0.4 is 14.4 Å². The zero-order chi connectivity index (χ0) is 21.4. The fourth-order valence-electron chi connectivity index (χ4n) is 4.45. The van der Waals surface area contributed by atoms with E-state index >= 15 is 0 Å². The van der Waals surface area contributed by atoms with Gasteiger partial charge in [0.25, 0.3) is 5.78 Å². The quantitative estimate of drug-likeness (QED) is 0.672. The topological polar surface area (TPSA) is 59.1 Å². The highest BCUT2D eigenvalue weighted by Crippen LogP contribution is 2.40. The van der Waals surface area contributed by atoms with E-state index in [9.17, 15) is 9.59 Å². The summed E-state index contributed by atoms with van der Waals surface area (Å²) in [5, 5.41) is 0. The first-order chi connectivity index (χ1) is 14.4. The third-order valence-corrected chi connectivity index (χ3v) is 6.14. The van der Waals surface area contributed by atoms with Gasteiger partial charge >= 0.3 is 5.91 Å². The van der Waals surface area contributed by atoms with Gasteiger partial charge in [0.05, 0.1) is 32.1 Å². The van der Waals surface area contributed by atoms with Crippen LogP contribution in [-0.2, 0) is 4.79 Å². The molecular weight excluding hydrogens is 380 g/mol. The molecule has 0 spiro atoms. The second kappa shape index (κ2) is 8.11. The van der Waals surface area contributed by atoms with Crippen molar-refractivity contribution in [3.63, 3.8) is 0 Å². The number of amides is 1. The molecule has 1 saturated heterocycles. The van der Waals surface area contributed by atoms with Gasteiger partial charge in [-0.25, -0.2) is 0 Å². The zero-order valence-corrected chi connectivity index (χ0v) is 18.0. The van der Waals surface area contributed by atoms with Crippen molar-refractivity contribution in [1.82, 2.24) is 4.90 Å². The molecule has 30 heavy (non-hydrogen) atoms. The number of carbonyl (C=O) groups is 2. The van der Waals surface area contributed by atoms with Gasteiger partial charge in [0.1, 0.15) is 11.5 Å². The summed E-state index contributed by atoms with van der Waals surface area (Å²) in [6, 6.07) is 11.7. The summed E-state index contributed by atoms with van der Waals surface area (Å²) in [6.07, 6.45) is 1.97. The average Bonchev–Trinajstić information content (AvgIpc) is 3.31. The van der Waals surface area contributed by atoms with Gasteiger partial charge in [0.2, 0.25) is 0 Å². The molecule has 0 aromatic heterocycles. The van der Waals surface area contributed by atoms with E-state index in [4.69, 9.17) is 9.47 Å². The molecule has 2 heterocycles. The Labute approximate surface area is 177 Å². The molecule has 2 aromatic carbocycles. The van der Waals surface area contributed by atoms with Gasteiger partial charge in [-0.15, -0.1) is 0 Å². The van der Waals surface area contributed by atoms with E-state index in [1.807, 2.05) is 36.4 Å². The number of benzene rings is 2. The van der Waals surface area contributed by atoms with Crippen LogP contribution in [0.25, 0.3) is 0 Å². The first kappa shape index (κ1) is 20.4. The molecule has 0 unspecified atom stereocenters. The summed E-state index contributed by atoms with van der Waals surface area (Å²) in [4.78, 5) is 29.3. The van der Waals surface area contributed by atoms with E-state index in [0.29, 0.717) is 23.8 Å². The number of likely N-dealkylation sites (tertiary alicyclic amines) is 1. The number of ketones is 1. The number of nitrogens with zero attached hydrogens (tertiary/aromatic N) is 2. The predicted octanol–water partition coefficient (Wildman–Crippen LogP) is 4.15. The molecule has 6 nitrogen and oxygen atoms in total. The molecule has 2 aliphatic rings. The minimum absolute atomic E-state index is 0.0944. The van der Waals surface area contributed by atoms with Gasteiger partial charge in [-0.1, -0.05) is 19.9 Å². The Morgan fingerprint density at radius 1 is 1.07 bits per heavy atom. The number of rotatable bonds is 6. The number of ether oxygens (including phenoxy) is 2. The minimum Gasteiger partial charge on any atom is -0.497 e. The Morgan fingerprint density at radius 2 is 1.87 bits per heavy atom. The lowest BCUT2D eigenvalue weighted by molar-refractivity contribution is -0.114. The minimum atomic E-state index is -0.450. The highest BCUT2D eigenvalue weighted by atomic mass is 16.5. The molecule has 1 amide bonds. The SMILES string of the molecule is COc1ccc(OC)c([C@@H]2CCCN2CN2C(=O)C(=O)c3cc(C(C)C)ccc32)c1. The Kier molecular flexibility index (Phi) is 5.52. The highest BCUT2D eigenvalue weighted by Gasteiger charge is 2.39. The smallest absolute Gasteiger partial charge is 0.300 e. The molecule has 2 aliphatic heterocycles. The molecule has 1 atom stereocenters. The summed E-state index contributed by atoms with van der Waals surface area (Å²) < 4.78 is 11.0. The van der Waals surface area contributed by atoms with Crippen LogP contribution in [0.4, 0.5) is 5.69 Å². The van der Waals surface area contributed by atoms with Gasteiger partial charge in [-0.2, -0.15) is 0 Å². The van der Waals surface area contributed by atoms with E-state index in [-0.39, 0.29) is 6.04 Å². The Morgan fingerprint density at radius 3 is 2.57 bits per heavy atom. The fraction of sp³-hybridized carbons (Fsp3) is 0.417. The number of fused-ring (bicyclic) bond motifs is 1. The van der Waals surface area contributed by atoms with Crippen LogP contribution in [0.2, 0.25) is 0 Å². The van der Waals surface area contributed by atoms with Crippen molar-refractivity contribution in [2.45, 2.75) is 38.6 Å². The molecule has 4 rings (SSSR count). The lowest BCUT2D eigenvalue weighted by atomic mass is 9.99. The molecule has 2 aromatic rings. The number of carbonyl (C=O) groups excluding carboxylic acids is 2. The largest absolute Gasteiger partial charge is 0.497 e. The Hall–Kier alpha value is -2.86. The van der Waals surface area contributed by atoms with Crippen LogP contribution in [0, 0.1) is 0 Å². The van der Waals surface area contributed by atoms with Gasteiger partial charge in [-0.05, 0) is 54.7 Å². The Balaban J connectivity index is 1.64. The lowest BCUT2D eigenvalue weighted by Gasteiger charge is -2.30. The van der Waals surface area contributed by atoms with Crippen LogP contribution in [0.3, 0.4) is 0 Å². The standard InChI is InChI=1S/C24H28N2O4/c1-15(2)16-7-9-21-19(12-16)23(27)24(28)26(21)14-25-11-5-6-20(25)18-13-17(29-3)8-10-22(18)30-4/h7-10,12-13,15,20H,5-6,11,14H2,1-4H3/t20-/m0/s1. The van der Waals surface area contributed by atoms with Crippen molar-refractivity contribution in [2.75, 3.05) is 32.3 Å². The molecule has 1 fully saturated rings. The number of Topliss-reactive ketones (excluding diaryl/α,β-unsaturated/α-hetero) is 1. The van der Waals surface area contributed by atoms with Crippen molar-refractivity contribution >= 4 is 17.4 Å². The van der Waals surface area contributed by atoms with Gasteiger partial charge in [-0.3, -0.25) is 19.4 Å². The van der Waals surface area contributed by atoms with Crippen molar-refractivity contribution < 1.29 is 19.1 Å². The number of hydrogen-bond donors (Lipinski definition) is 0. The second-order valence-corrected chi connectivity index (χ2v) is 8.21. The van der Waals surface area contributed by atoms with Crippen LogP contribution in [0.15, 0.2) is 36.4 Å². The van der Waals surface area contributed by atoms with Gasteiger partial charge in [0, 0.05) is 18.2 Å².